The fourth-order valence-electron chi connectivity index (χ4n) is 4.76. The molecule has 0 radical (unpaired) electrons. The second-order valence-electron chi connectivity index (χ2n) is 10.1. The number of rotatable bonds is 14. The normalized spacial score (nSPS) is 14.6. The molecule has 1 aliphatic rings. The summed E-state index contributed by atoms with van der Waals surface area (Å²) in [5.41, 5.74) is 2.93. The van der Waals surface area contributed by atoms with Crippen LogP contribution >= 0.6 is 11.3 Å². The Morgan fingerprint density at radius 3 is 2.40 bits per heavy atom. The molecule has 0 unspecified atom stereocenters. The summed E-state index contributed by atoms with van der Waals surface area (Å²) in [4.78, 5) is 50.5. The number of unbranched alkanes of at least 4 members (excludes halogenated alkanes) is 4. The minimum atomic E-state index is -0.970. The molecule has 3 aromatic rings. The Kier molecular flexibility index (Phi) is 9.87. The van der Waals surface area contributed by atoms with Crippen LogP contribution in [0.4, 0.5) is 4.79 Å². The molecule has 1 aromatic carbocycles. The molecule has 1 saturated heterocycles. The van der Waals surface area contributed by atoms with E-state index in [0.29, 0.717) is 18.8 Å². The third kappa shape index (κ3) is 6.85. The summed E-state index contributed by atoms with van der Waals surface area (Å²) >= 11 is 1.51. The van der Waals surface area contributed by atoms with Gasteiger partial charge in [0, 0.05) is 24.9 Å². The minimum Gasteiger partial charge on any atom is -0.478 e. The molecule has 1 aliphatic heterocycles. The number of urea groups is 1. The van der Waals surface area contributed by atoms with Crippen LogP contribution in [0, 0.1) is 6.92 Å². The van der Waals surface area contributed by atoms with Crippen LogP contribution in [0.3, 0.4) is 0 Å². The average Bonchev–Trinajstić information content (AvgIpc) is 3.59. The van der Waals surface area contributed by atoms with Crippen LogP contribution < -0.4 is 0 Å². The monoisotopic (exact) mass is 563 g/mol. The Morgan fingerprint density at radius 2 is 1.75 bits per heavy atom. The molecular weight excluding hydrogens is 526 g/mol. The molecule has 0 aliphatic carbocycles. The number of aromatic nitrogens is 3. The zero-order chi connectivity index (χ0) is 28.6. The molecule has 3 amide bonds. The SMILES string of the molecule is CCCCCCN1C(=O)/C(=C/c2cnc(CCCC)n2Cc2ccc(C(=O)O)cc2)N(Cc2csc(C)n2)C1=O. The van der Waals surface area contributed by atoms with Gasteiger partial charge in [-0.05, 0) is 43.5 Å². The number of hydrogen-bond donors (Lipinski definition) is 1. The number of nitrogens with zero attached hydrogens (tertiary/aromatic N) is 5. The molecule has 1 N–H and O–H groups in total. The molecule has 1 fully saturated rings. The van der Waals surface area contributed by atoms with Gasteiger partial charge in [0.2, 0.25) is 0 Å². The van der Waals surface area contributed by atoms with Crippen molar-refractivity contribution in [1.29, 1.82) is 0 Å². The van der Waals surface area contributed by atoms with E-state index in [1.54, 1.807) is 36.5 Å². The first-order chi connectivity index (χ1) is 19.3. The van der Waals surface area contributed by atoms with Crippen molar-refractivity contribution in [3.63, 3.8) is 0 Å². The molecule has 2 aromatic heterocycles. The van der Waals surface area contributed by atoms with Gasteiger partial charge in [-0.25, -0.2) is 19.6 Å². The number of imidazole rings is 1. The molecule has 10 heteroatoms. The van der Waals surface area contributed by atoms with Gasteiger partial charge in [-0.3, -0.25) is 14.6 Å². The number of aryl methyl sites for hydroxylation is 2. The lowest BCUT2D eigenvalue weighted by Crippen LogP contribution is -2.33. The summed E-state index contributed by atoms with van der Waals surface area (Å²) in [5, 5.41) is 12.1. The quantitative estimate of drug-likeness (QED) is 0.144. The minimum absolute atomic E-state index is 0.222. The van der Waals surface area contributed by atoms with Gasteiger partial charge >= 0.3 is 12.0 Å². The number of carbonyl (C=O) groups is 3. The van der Waals surface area contributed by atoms with Crippen LogP contribution in [0.15, 0.2) is 41.5 Å². The second kappa shape index (κ2) is 13.5. The summed E-state index contributed by atoms with van der Waals surface area (Å²) < 4.78 is 2.05. The smallest absolute Gasteiger partial charge is 0.335 e. The molecule has 0 atom stereocenters. The van der Waals surface area contributed by atoms with Gasteiger partial charge < -0.3 is 9.67 Å². The Balaban J connectivity index is 1.69. The van der Waals surface area contributed by atoms with Crippen LogP contribution in [0.25, 0.3) is 6.08 Å². The van der Waals surface area contributed by atoms with Gasteiger partial charge in [0.25, 0.3) is 5.91 Å². The fourth-order valence-corrected chi connectivity index (χ4v) is 5.36. The number of carboxylic acids is 1. The third-order valence-electron chi connectivity index (χ3n) is 6.99. The number of imide groups is 1. The Labute approximate surface area is 239 Å². The maximum atomic E-state index is 13.6. The van der Waals surface area contributed by atoms with E-state index in [1.165, 1.54) is 21.1 Å². The number of carbonyl (C=O) groups excluding carboxylic acids is 2. The number of amides is 3. The number of carboxylic acid groups (broad SMARTS) is 1. The summed E-state index contributed by atoms with van der Waals surface area (Å²) in [6, 6.07) is 6.45. The lowest BCUT2D eigenvalue weighted by molar-refractivity contribution is -0.123. The largest absolute Gasteiger partial charge is 0.478 e. The van der Waals surface area contributed by atoms with Gasteiger partial charge in [-0.15, -0.1) is 11.3 Å². The highest BCUT2D eigenvalue weighted by molar-refractivity contribution is 7.09. The lowest BCUT2D eigenvalue weighted by atomic mass is 10.1. The van der Waals surface area contributed by atoms with Gasteiger partial charge in [-0.2, -0.15) is 0 Å². The molecule has 0 spiro atoms. The van der Waals surface area contributed by atoms with Gasteiger partial charge in [0.05, 0.1) is 34.7 Å². The Bertz CT molecular complexity index is 1370. The van der Waals surface area contributed by atoms with Crippen molar-refractivity contribution < 1.29 is 19.5 Å². The predicted octanol–water partition coefficient (Wildman–Crippen LogP) is 6.12. The van der Waals surface area contributed by atoms with E-state index in [0.717, 1.165) is 72.7 Å². The van der Waals surface area contributed by atoms with Crippen molar-refractivity contribution in [2.45, 2.75) is 78.8 Å². The van der Waals surface area contributed by atoms with E-state index in [9.17, 15) is 19.5 Å². The van der Waals surface area contributed by atoms with Crippen molar-refractivity contribution in [2.24, 2.45) is 0 Å². The van der Waals surface area contributed by atoms with Crippen LogP contribution in [0.2, 0.25) is 0 Å². The molecule has 4 rings (SSSR count). The van der Waals surface area contributed by atoms with Gasteiger partial charge in [0.1, 0.15) is 11.5 Å². The number of benzene rings is 1. The molecule has 3 heterocycles. The van der Waals surface area contributed by atoms with Gasteiger partial charge in [-0.1, -0.05) is 51.7 Å². The van der Waals surface area contributed by atoms with E-state index in [-0.39, 0.29) is 24.0 Å². The van der Waals surface area contributed by atoms with Crippen molar-refractivity contribution in [2.75, 3.05) is 6.54 Å². The summed E-state index contributed by atoms with van der Waals surface area (Å²) in [5.74, 6) is -0.393. The summed E-state index contributed by atoms with van der Waals surface area (Å²) in [7, 11) is 0. The first kappa shape index (κ1) is 29.2. The molecule has 9 nitrogen and oxygen atoms in total. The van der Waals surface area contributed by atoms with Crippen LogP contribution in [0.5, 0.6) is 0 Å². The summed E-state index contributed by atoms with van der Waals surface area (Å²) in [6.07, 6.45) is 10.1. The molecule has 0 saturated carbocycles. The first-order valence-corrected chi connectivity index (χ1v) is 14.8. The maximum Gasteiger partial charge on any atom is 0.335 e. The zero-order valence-corrected chi connectivity index (χ0v) is 24.2. The van der Waals surface area contributed by atoms with E-state index in [2.05, 4.69) is 23.8 Å². The van der Waals surface area contributed by atoms with Crippen molar-refractivity contribution >= 4 is 35.3 Å². The lowest BCUT2D eigenvalue weighted by Gasteiger charge is -2.16. The summed E-state index contributed by atoms with van der Waals surface area (Å²) in [6.45, 7) is 7.24. The van der Waals surface area contributed by atoms with E-state index in [4.69, 9.17) is 0 Å². The average molecular weight is 564 g/mol. The Morgan fingerprint density at radius 1 is 1.00 bits per heavy atom. The maximum absolute atomic E-state index is 13.6. The van der Waals surface area contributed by atoms with Crippen LogP contribution in [0.1, 0.15) is 90.5 Å². The third-order valence-corrected chi connectivity index (χ3v) is 7.81. The number of hydrogen-bond acceptors (Lipinski definition) is 6. The standard InChI is InChI=1S/C30H37N5O4S/c1-4-6-8-9-15-33-28(36)26(35(30(33)39)19-24-20-40-21(3)32-24)16-25-17-31-27(10-7-5-2)34(25)18-22-11-13-23(14-12-22)29(37)38/h11-14,16-17,20H,4-10,15,18-19H2,1-3H3,(H,37,38)/b26-16-. The molecule has 40 heavy (non-hydrogen) atoms. The van der Waals surface area contributed by atoms with Crippen LogP contribution in [-0.4, -0.2) is 53.9 Å². The molecular formula is C30H37N5O4S. The first-order valence-electron chi connectivity index (χ1n) is 13.9. The van der Waals surface area contributed by atoms with E-state index < -0.39 is 5.97 Å². The predicted molar refractivity (Wildman–Crippen MR) is 155 cm³/mol. The van der Waals surface area contributed by atoms with Crippen molar-refractivity contribution in [3.8, 4) is 0 Å². The highest BCUT2D eigenvalue weighted by Gasteiger charge is 2.41. The molecule has 0 bridgehead atoms. The van der Waals surface area contributed by atoms with Crippen molar-refractivity contribution in [3.05, 3.63) is 74.9 Å². The van der Waals surface area contributed by atoms with E-state index in [1.807, 2.05) is 16.9 Å². The number of aromatic carboxylic acids is 1. The second-order valence-corrected chi connectivity index (χ2v) is 11.1. The number of thiazole rings is 1. The highest BCUT2D eigenvalue weighted by atomic mass is 32.1. The van der Waals surface area contributed by atoms with E-state index >= 15 is 0 Å². The zero-order valence-electron chi connectivity index (χ0n) is 23.4. The van der Waals surface area contributed by atoms with Crippen molar-refractivity contribution in [1.82, 2.24) is 24.3 Å². The van der Waals surface area contributed by atoms with Crippen LogP contribution in [-0.2, 0) is 24.3 Å². The molecule has 212 valence electrons. The Hall–Kier alpha value is -3.79. The highest BCUT2D eigenvalue weighted by Crippen LogP contribution is 2.28. The fraction of sp³-hybridized carbons (Fsp3) is 0.433. The topological polar surface area (TPSA) is 109 Å². The van der Waals surface area contributed by atoms with Gasteiger partial charge in [0.15, 0.2) is 0 Å².